The molecule has 1 N–H and O–H groups in total. The van der Waals surface area contributed by atoms with Crippen LogP contribution in [0, 0.1) is 0 Å². The maximum atomic E-state index is 6.06. The molecular weight excluding hydrogens is 278 g/mol. The van der Waals surface area contributed by atoms with Gasteiger partial charge in [-0.05, 0) is 37.6 Å². The minimum absolute atomic E-state index is 0.127. The van der Waals surface area contributed by atoms with Crippen LogP contribution in [0.3, 0.4) is 0 Å². The van der Waals surface area contributed by atoms with Crippen molar-refractivity contribution in [2.45, 2.75) is 39.4 Å². The minimum Gasteiger partial charge on any atom is -0.369 e. The van der Waals surface area contributed by atoms with Crippen LogP contribution in [0.2, 0.25) is 0 Å². The van der Waals surface area contributed by atoms with Gasteiger partial charge < -0.3 is 10.1 Å². The van der Waals surface area contributed by atoms with Crippen molar-refractivity contribution in [2.24, 2.45) is 0 Å². The summed E-state index contributed by atoms with van der Waals surface area (Å²) in [4.78, 5) is 0. The normalized spacial score (nSPS) is 14.6. The number of ether oxygens (including phenoxy) is 1. The first kappa shape index (κ1) is 14.7. The van der Waals surface area contributed by atoms with Crippen molar-refractivity contribution >= 4 is 15.9 Å². The predicted octanol–water partition coefficient (Wildman–Crippen LogP) is 3.91. The monoisotopic (exact) mass is 299 g/mol. The summed E-state index contributed by atoms with van der Waals surface area (Å²) in [5.74, 6) is 0. The maximum absolute atomic E-state index is 6.06. The Labute approximate surface area is 113 Å². The fourth-order valence-corrected chi connectivity index (χ4v) is 2.02. The van der Waals surface area contributed by atoms with Crippen molar-refractivity contribution < 1.29 is 4.74 Å². The van der Waals surface area contributed by atoms with Crippen LogP contribution < -0.4 is 5.32 Å². The first-order valence-electron chi connectivity index (χ1n) is 6.29. The lowest BCUT2D eigenvalue weighted by molar-refractivity contribution is -0.00428. The molecule has 1 aromatic carbocycles. The van der Waals surface area contributed by atoms with Gasteiger partial charge in [-0.3, -0.25) is 0 Å². The highest BCUT2D eigenvalue weighted by Gasteiger charge is 2.14. The van der Waals surface area contributed by atoms with E-state index in [1.165, 1.54) is 5.56 Å². The van der Waals surface area contributed by atoms with Crippen molar-refractivity contribution in [3.05, 3.63) is 34.3 Å². The molecule has 1 aromatic rings. The Balaban J connectivity index is 2.74. The summed E-state index contributed by atoms with van der Waals surface area (Å²) in [6.07, 6.45) is 1.46. The summed E-state index contributed by atoms with van der Waals surface area (Å²) < 4.78 is 7.16. The second-order valence-electron chi connectivity index (χ2n) is 4.21. The lowest BCUT2D eigenvalue weighted by Gasteiger charge is -2.22. The van der Waals surface area contributed by atoms with E-state index in [1.807, 2.05) is 6.07 Å². The lowest BCUT2D eigenvalue weighted by Crippen LogP contribution is -2.25. The molecule has 96 valence electrons. The van der Waals surface area contributed by atoms with Crippen LogP contribution in [-0.4, -0.2) is 19.2 Å². The number of hydrogen-bond acceptors (Lipinski definition) is 2. The highest BCUT2D eigenvalue weighted by molar-refractivity contribution is 9.10. The molecule has 2 unspecified atom stereocenters. The van der Waals surface area contributed by atoms with E-state index in [4.69, 9.17) is 4.74 Å². The number of benzene rings is 1. The highest BCUT2D eigenvalue weighted by atomic mass is 79.9. The molecule has 0 fully saturated rings. The smallest absolute Gasteiger partial charge is 0.0953 e. The van der Waals surface area contributed by atoms with Gasteiger partial charge in [0.05, 0.1) is 12.2 Å². The van der Waals surface area contributed by atoms with Crippen molar-refractivity contribution in [3.63, 3.8) is 0 Å². The van der Waals surface area contributed by atoms with Crippen LogP contribution in [0.5, 0.6) is 0 Å². The molecule has 0 aliphatic heterocycles. The Kier molecular flexibility index (Phi) is 6.78. The van der Waals surface area contributed by atoms with Gasteiger partial charge >= 0.3 is 0 Å². The number of rotatable bonds is 7. The average molecular weight is 300 g/mol. The van der Waals surface area contributed by atoms with E-state index in [0.717, 1.165) is 24.0 Å². The Morgan fingerprint density at radius 3 is 2.71 bits per heavy atom. The third kappa shape index (κ3) is 5.19. The number of nitrogens with one attached hydrogen (secondary N) is 1. The molecule has 0 heterocycles. The van der Waals surface area contributed by atoms with Crippen LogP contribution in [0.4, 0.5) is 0 Å². The first-order chi connectivity index (χ1) is 8.17. The Morgan fingerprint density at radius 1 is 1.35 bits per heavy atom. The van der Waals surface area contributed by atoms with Crippen molar-refractivity contribution in [3.8, 4) is 0 Å². The third-order valence-electron chi connectivity index (χ3n) is 2.77. The van der Waals surface area contributed by atoms with E-state index in [9.17, 15) is 0 Å². The summed E-state index contributed by atoms with van der Waals surface area (Å²) >= 11 is 3.51. The zero-order valence-corrected chi connectivity index (χ0v) is 12.5. The van der Waals surface area contributed by atoms with Crippen molar-refractivity contribution in [2.75, 3.05) is 13.1 Å². The van der Waals surface area contributed by atoms with Crippen LogP contribution in [0.1, 0.15) is 38.9 Å². The summed E-state index contributed by atoms with van der Waals surface area (Å²) in [7, 11) is 0. The minimum atomic E-state index is 0.127. The quantitative estimate of drug-likeness (QED) is 0.824. The van der Waals surface area contributed by atoms with Gasteiger partial charge in [-0.2, -0.15) is 0 Å². The van der Waals surface area contributed by atoms with E-state index >= 15 is 0 Å². The fraction of sp³-hybridized carbons (Fsp3) is 0.571. The summed E-state index contributed by atoms with van der Waals surface area (Å²) in [5.41, 5.74) is 1.22. The number of halogens is 1. The largest absolute Gasteiger partial charge is 0.369 e. The summed E-state index contributed by atoms with van der Waals surface area (Å²) in [6, 6.07) is 8.34. The van der Waals surface area contributed by atoms with Crippen molar-refractivity contribution in [1.82, 2.24) is 5.32 Å². The molecule has 0 aromatic heterocycles. The number of hydrogen-bond donors (Lipinski definition) is 1. The summed E-state index contributed by atoms with van der Waals surface area (Å²) in [6.45, 7) is 8.21. The topological polar surface area (TPSA) is 21.3 Å². The zero-order chi connectivity index (χ0) is 12.7. The molecule has 0 aliphatic rings. The summed E-state index contributed by atoms with van der Waals surface area (Å²) in [5, 5.41) is 3.36. The van der Waals surface area contributed by atoms with Gasteiger partial charge in [0.1, 0.15) is 0 Å². The highest BCUT2D eigenvalue weighted by Crippen LogP contribution is 2.22. The molecule has 2 nitrogen and oxygen atoms in total. The van der Waals surface area contributed by atoms with Gasteiger partial charge in [0.2, 0.25) is 0 Å². The van der Waals surface area contributed by atoms with Gasteiger partial charge in [0.25, 0.3) is 0 Å². The van der Waals surface area contributed by atoms with Crippen LogP contribution >= 0.6 is 15.9 Å². The molecule has 0 saturated carbocycles. The van der Waals surface area contributed by atoms with E-state index in [0.29, 0.717) is 0 Å². The zero-order valence-electron chi connectivity index (χ0n) is 10.9. The lowest BCUT2D eigenvalue weighted by atomic mass is 10.1. The van der Waals surface area contributed by atoms with Gasteiger partial charge in [-0.15, -0.1) is 0 Å². The maximum Gasteiger partial charge on any atom is 0.0953 e. The van der Waals surface area contributed by atoms with Gasteiger partial charge in [-0.25, -0.2) is 0 Å². The molecule has 0 bridgehead atoms. The standard InChI is InChI=1S/C14H22BrNO/c1-4-11(3)17-14(10-16-5-2)12-7-6-8-13(15)9-12/h6-9,11,14,16H,4-5,10H2,1-3H3. The first-order valence-corrected chi connectivity index (χ1v) is 7.08. The molecule has 0 saturated heterocycles. The Bertz CT molecular complexity index is 330. The Morgan fingerprint density at radius 2 is 2.12 bits per heavy atom. The Hall–Kier alpha value is -0.380. The molecule has 1 rings (SSSR count). The van der Waals surface area contributed by atoms with Crippen LogP contribution in [-0.2, 0) is 4.74 Å². The predicted molar refractivity (Wildman–Crippen MR) is 76.3 cm³/mol. The molecule has 3 heteroatoms. The van der Waals surface area contributed by atoms with Gasteiger partial charge in [0, 0.05) is 11.0 Å². The molecule has 0 aliphatic carbocycles. The molecule has 2 atom stereocenters. The second-order valence-corrected chi connectivity index (χ2v) is 5.12. The fourth-order valence-electron chi connectivity index (χ4n) is 1.60. The molecular formula is C14H22BrNO. The number of likely N-dealkylation sites (N-methyl/N-ethyl adjacent to an activating group) is 1. The molecule has 0 spiro atoms. The second kappa shape index (κ2) is 7.85. The van der Waals surface area contributed by atoms with Gasteiger partial charge in [0.15, 0.2) is 0 Å². The van der Waals surface area contributed by atoms with E-state index < -0.39 is 0 Å². The van der Waals surface area contributed by atoms with E-state index in [1.54, 1.807) is 0 Å². The van der Waals surface area contributed by atoms with Crippen molar-refractivity contribution in [1.29, 1.82) is 0 Å². The molecule has 0 amide bonds. The SMILES string of the molecule is CCNCC(OC(C)CC)c1cccc(Br)c1. The average Bonchev–Trinajstić information content (AvgIpc) is 2.34. The van der Waals surface area contributed by atoms with E-state index in [2.05, 4.69) is 60.2 Å². The van der Waals surface area contributed by atoms with Crippen LogP contribution in [0.25, 0.3) is 0 Å². The van der Waals surface area contributed by atoms with Crippen LogP contribution in [0.15, 0.2) is 28.7 Å². The van der Waals surface area contributed by atoms with Gasteiger partial charge in [-0.1, -0.05) is 41.9 Å². The van der Waals surface area contributed by atoms with E-state index in [-0.39, 0.29) is 12.2 Å². The molecule has 17 heavy (non-hydrogen) atoms. The third-order valence-corrected chi connectivity index (χ3v) is 3.26. The molecule has 0 radical (unpaired) electrons.